The number of benzene rings is 7. The van der Waals surface area contributed by atoms with E-state index in [2.05, 4.69) is 197 Å². The summed E-state index contributed by atoms with van der Waals surface area (Å²) in [6.45, 7) is 12.4. The summed E-state index contributed by atoms with van der Waals surface area (Å²) in [5.41, 5.74) is 12.5. The number of para-hydroxylation sites is 2. The van der Waals surface area contributed by atoms with E-state index in [9.17, 15) is 0 Å². The van der Waals surface area contributed by atoms with E-state index in [4.69, 9.17) is 9.47 Å². The lowest BCUT2D eigenvalue weighted by atomic mass is 9.76. The van der Waals surface area contributed by atoms with Gasteiger partial charge in [-0.05, 0) is 82.2 Å². The van der Waals surface area contributed by atoms with Crippen LogP contribution in [0.1, 0.15) is 41.7 Å². The molecule has 1 unspecified atom stereocenters. The number of rotatable bonds is 7. The monoisotopic (exact) mass is 800 g/mol. The molecule has 1 atom stereocenters. The predicted molar refractivity (Wildman–Crippen MR) is 253 cm³/mol. The van der Waals surface area contributed by atoms with Gasteiger partial charge in [0.05, 0.1) is 12.8 Å². The highest BCUT2D eigenvalue weighted by Gasteiger charge is 2.44. The molecule has 0 spiro atoms. The van der Waals surface area contributed by atoms with Crippen LogP contribution >= 0.6 is 0 Å². The van der Waals surface area contributed by atoms with E-state index in [1.54, 1.807) is 7.11 Å². The van der Waals surface area contributed by atoms with Crippen molar-refractivity contribution in [1.29, 1.82) is 0 Å². The van der Waals surface area contributed by atoms with Crippen LogP contribution < -0.4 is 29.1 Å². The van der Waals surface area contributed by atoms with Gasteiger partial charge in [0.2, 0.25) is 0 Å². The van der Waals surface area contributed by atoms with Gasteiger partial charge in [0.1, 0.15) is 11.5 Å². The molecular formula is C55H52N4O2. The van der Waals surface area contributed by atoms with Gasteiger partial charge in [-0.15, -0.1) is 0 Å². The third kappa shape index (κ3) is 6.14. The van der Waals surface area contributed by atoms with Gasteiger partial charge in [-0.2, -0.15) is 0 Å². The number of nitrogens with zero attached hydrogens (tertiary/aromatic N) is 4. The number of hydrogen-bond donors (Lipinski definition) is 0. The van der Waals surface area contributed by atoms with Crippen LogP contribution in [-0.2, 0) is 11.0 Å². The number of ether oxygens (including phenoxy) is 2. The van der Waals surface area contributed by atoms with Gasteiger partial charge < -0.3 is 29.1 Å². The summed E-state index contributed by atoms with van der Waals surface area (Å²) in [7, 11) is 1.81. The van der Waals surface area contributed by atoms with Gasteiger partial charge in [0.25, 0.3) is 0 Å². The number of fused-ring (bicyclic) bond motifs is 8. The maximum atomic E-state index is 7.74. The molecule has 7 aromatic rings. The van der Waals surface area contributed by atoms with E-state index >= 15 is 0 Å². The first-order chi connectivity index (χ1) is 29.9. The summed E-state index contributed by atoms with van der Waals surface area (Å²) in [6, 6.07) is 55.1. The molecule has 4 aliphatic rings. The SMILES string of the molecule is COc1cc2c3c(c4c(c2cc1N1CCN(c2ccccc2)CC1)-c1ccccc1C4(C)C)C=CC(c1ccccc1)(c1ccc(N2CCN(c4ccccc4)CC2)cc1)O3. The second-order valence-corrected chi connectivity index (χ2v) is 17.4. The number of hydrogen-bond acceptors (Lipinski definition) is 6. The molecule has 6 nitrogen and oxygen atoms in total. The summed E-state index contributed by atoms with van der Waals surface area (Å²) in [6.07, 6.45) is 4.67. The maximum Gasteiger partial charge on any atom is 0.178 e. The Labute approximate surface area is 359 Å². The van der Waals surface area contributed by atoms with Crippen molar-refractivity contribution >= 4 is 39.6 Å². The average Bonchev–Trinajstić information content (AvgIpc) is 3.58. The van der Waals surface area contributed by atoms with Gasteiger partial charge in [-0.25, -0.2) is 0 Å². The van der Waals surface area contributed by atoms with Crippen molar-refractivity contribution in [3.05, 3.63) is 186 Å². The molecule has 0 bridgehead atoms. The zero-order valence-electron chi connectivity index (χ0n) is 35.4. The van der Waals surface area contributed by atoms with Crippen molar-refractivity contribution in [2.24, 2.45) is 0 Å². The van der Waals surface area contributed by atoms with Gasteiger partial charge in [0, 0.05) is 96.9 Å². The second-order valence-electron chi connectivity index (χ2n) is 17.4. The lowest BCUT2D eigenvalue weighted by molar-refractivity contribution is 0.163. The smallest absolute Gasteiger partial charge is 0.178 e. The van der Waals surface area contributed by atoms with Crippen molar-refractivity contribution in [3.63, 3.8) is 0 Å². The lowest BCUT2D eigenvalue weighted by Gasteiger charge is -2.40. The minimum absolute atomic E-state index is 0.238. The standard InChI is InChI=1S/C55H52N4O2/c1-54(2)48-22-14-13-21-44(48)51-46-37-49(59-35-33-57(34-36-59)42-19-11-6-12-20-42)50(60-3)38-47(46)53-45(52(51)54)27-28-55(61-53,39-15-7-4-8-16-39)40-23-25-43(26-24-40)58-31-29-56(30-32-58)41-17-9-5-10-18-41/h4-28,37-38H,29-36H2,1-3H3. The first kappa shape index (κ1) is 37.3. The fraction of sp³-hybridized carbons (Fsp3) is 0.236. The van der Waals surface area contributed by atoms with Crippen LogP contribution in [0.3, 0.4) is 0 Å². The quantitative estimate of drug-likeness (QED) is 0.160. The van der Waals surface area contributed by atoms with Gasteiger partial charge in [0.15, 0.2) is 5.60 Å². The summed E-state index contributed by atoms with van der Waals surface area (Å²) in [5.74, 6) is 1.77. The van der Waals surface area contributed by atoms with Crippen molar-refractivity contribution in [2.45, 2.75) is 24.9 Å². The van der Waals surface area contributed by atoms with Gasteiger partial charge >= 0.3 is 0 Å². The summed E-state index contributed by atoms with van der Waals surface area (Å²) >= 11 is 0. The Morgan fingerprint density at radius 3 is 1.62 bits per heavy atom. The molecule has 0 radical (unpaired) electrons. The highest BCUT2D eigenvalue weighted by Crippen LogP contribution is 2.59. The van der Waals surface area contributed by atoms with Gasteiger partial charge in [-0.1, -0.05) is 123 Å². The maximum absolute atomic E-state index is 7.74. The van der Waals surface area contributed by atoms with Gasteiger partial charge in [-0.3, -0.25) is 0 Å². The highest BCUT2D eigenvalue weighted by atomic mass is 16.5. The van der Waals surface area contributed by atoms with E-state index in [1.807, 2.05) is 0 Å². The first-order valence-corrected chi connectivity index (χ1v) is 21.9. The van der Waals surface area contributed by atoms with Crippen molar-refractivity contribution < 1.29 is 9.47 Å². The summed E-state index contributed by atoms with van der Waals surface area (Å²) in [5, 5.41) is 2.28. The zero-order chi connectivity index (χ0) is 41.1. The van der Waals surface area contributed by atoms with Crippen LogP contribution in [0.5, 0.6) is 11.5 Å². The summed E-state index contributed by atoms with van der Waals surface area (Å²) < 4.78 is 14.1. The Morgan fingerprint density at radius 2 is 1.03 bits per heavy atom. The molecule has 7 aromatic carbocycles. The van der Waals surface area contributed by atoms with Crippen molar-refractivity contribution in [1.82, 2.24) is 0 Å². The molecule has 0 amide bonds. The third-order valence-electron chi connectivity index (χ3n) is 13.8. The fourth-order valence-electron chi connectivity index (χ4n) is 10.7. The van der Waals surface area contributed by atoms with Crippen molar-refractivity contribution in [2.75, 3.05) is 79.1 Å². The Kier molecular flexibility index (Phi) is 9.07. The Morgan fingerprint density at radius 1 is 0.525 bits per heavy atom. The molecular weight excluding hydrogens is 749 g/mol. The summed E-state index contributed by atoms with van der Waals surface area (Å²) in [4.78, 5) is 9.98. The predicted octanol–water partition coefficient (Wildman–Crippen LogP) is 11.2. The molecule has 6 heteroatoms. The molecule has 0 saturated carbocycles. The average molecular weight is 801 g/mol. The van der Waals surface area contributed by atoms with Crippen LogP contribution in [-0.4, -0.2) is 59.5 Å². The minimum Gasteiger partial charge on any atom is -0.495 e. The van der Waals surface area contributed by atoms with E-state index in [-0.39, 0.29) is 5.41 Å². The molecule has 2 saturated heterocycles. The zero-order valence-corrected chi connectivity index (χ0v) is 35.4. The first-order valence-electron chi connectivity index (χ1n) is 21.9. The Balaban J connectivity index is 1.02. The topological polar surface area (TPSA) is 31.4 Å². The lowest BCUT2D eigenvalue weighted by Crippen LogP contribution is -2.46. The number of anilines is 4. The number of piperazine rings is 2. The molecule has 11 rings (SSSR count). The van der Waals surface area contributed by atoms with E-state index in [1.165, 1.54) is 44.7 Å². The minimum atomic E-state index is -0.852. The molecule has 304 valence electrons. The van der Waals surface area contributed by atoms with E-state index < -0.39 is 5.60 Å². The van der Waals surface area contributed by atoms with E-state index in [0.717, 1.165) is 91.6 Å². The van der Waals surface area contributed by atoms with Crippen LogP contribution in [0.25, 0.3) is 28.0 Å². The van der Waals surface area contributed by atoms with E-state index in [0.29, 0.717) is 0 Å². The Hall–Kier alpha value is -6.66. The third-order valence-corrected chi connectivity index (χ3v) is 13.8. The molecule has 3 heterocycles. The van der Waals surface area contributed by atoms with Crippen molar-refractivity contribution in [3.8, 4) is 22.6 Å². The van der Waals surface area contributed by atoms with Crippen LogP contribution in [0.2, 0.25) is 0 Å². The highest BCUT2D eigenvalue weighted by molar-refractivity contribution is 6.10. The molecule has 0 N–H and O–H groups in total. The van der Waals surface area contributed by atoms with Crippen LogP contribution in [0.15, 0.2) is 158 Å². The normalized spacial score (nSPS) is 19.0. The fourth-order valence-corrected chi connectivity index (χ4v) is 10.7. The second kappa shape index (κ2) is 14.8. The van der Waals surface area contributed by atoms with Crippen LogP contribution in [0.4, 0.5) is 22.7 Å². The Bertz CT molecular complexity index is 2750. The largest absolute Gasteiger partial charge is 0.495 e. The number of methoxy groups -OCH3 is 1. The molecule has 2 fully saturated rings. The molecule has 1 aliphatic carbocycles. The molecule has 0 aromatic heterocycles. The van der Waals surface area contributed by atoms with Crippen LogP contribution in [0, 0.1) is 0 Å². The molecule has 61 heavy (non-hydrogen) atoms. The molecule has 3 aliphatic heterocycles.